The molecule has 0 N–H and O–H groups in total. The Hall–Kier alpha value is -1.55. The molecule has 0 aliphatic rings. The molecule has 0 aliphatic heterocycles. The van der Waals surface area contributed by atoms with Gasteiger partial charge >= 0.3 is 0 Å². The Labute approximate surface area is 128 Å². The Kier molecular flexibility index (Phi) is 4.65. The highest BCUT2D eigenvalue weighted by atomic mass is 79.9. The summed E-state index contributed by atoms with van der Waals surface area (Å²) in [5, 5.41) is 0. The highest BCUT2D eigenvalue weighted by Gasteiger charge is 2.09. The number of hydrogen-bond acceptors (Lipinski definition) is 3. The van der Waals surface area contributed by atoms with Crippen LogP contribution in [0.1, 0.15) is 16.8 Å². The van der Waals surface area contributed by atoms with Crippen molar-refractivity contribution in [3.63, 3.8) is 0 Å². The molecule has 0 radical (unpaired) electrons. The Morgan fingerprint density at radius 2 is 1.95 bits per heavy atom. The lowest BCUT2D eigenvalue weighted by molar-refractivity contribution is 0.409. The first-order chi connectivity index (χ1) is 9.51. The number of rotatable bonds is 4. The molecule has 0 fully saturated rings. The molecule has 20 heavy (non-hydrogen) atoms. The molecule has 0 amide bonds. The third kappa shape index (κ3) is 3.31. The second kappa shape index (κ2) is 6.27. The van der Waals surface area contributed by atoms with E-state index in [0.29, 0.717) is 0 Å². The van der Waals surface area contributed by atoms with Crippen LogP contribution in [-0.4, -0.2) is 19.1 Å². The standard InChI is InChI=1S/C16H19BrN2O/c1-11-5-7-15(20-4)13(9-11)10-19(3)16-8-6-14(17)12(2)18-16/h5-9H,10H2,1-4H3. The number of methoxy groups -OCH3 is 1. The van der Waals surface area contributed by atoms with Gasteiger partial charge in [0.1, 0.15) is 11.6 Å². The monoisotopic (exact) mass is 334 g/mol. The number of ether oxygens (including phenoxy) is 1. The molecule has 0 unspecified atom stereocenters. The summed E-state index contributed by atoms with van der Waals surface area (Å²) in [6.07, 6.45) is 0. The van der Waals surface area contributed by atoms with E-state index in [0.717, 1.165) is 33.8 Å². The summed E-state index contributed by atoms with van der Waals surface area (Å²) in [6, 6.07) is 10.3. The Morgan fingerprint density at radius 3 is 2.60 bits per heavy atom. The van der Waals surface area contributed by atoms with Gasteiger partial charge in [0, 0.05) is 23.6 Å². The predicted octanol–water partition coefficient (Wildman–Crippen LogP) is 4.11. The molecule has 1 heterocycles. The van der Waals surface area contributed by atoms with Crippen molar-refractivity contribution in [2.45, 2.75) is 20.4 Å². The molecule has 0 aliphatic carbocycles. The molecular formula is C16H19BrN2O. The van der Waals surface area contributed by atoms with E-state index >= 15 is 0 Å². The minimum Gasteiger partial charge on any atom is -0.496 e. The van der Waals surface area contributed by atoms with Crippen LogP contribution in [0.25, 0.3) is 0 Å². The summed E-state index contributed by atoms with van der Waals surface area (Å²) in [4.78, 5) is 6.71. The van der Waals surface area contributed by atoms with E-state index in [4.69, 9.17) is 4.74 Å². The number of anilines is 1. The van der Waals surface area contributed by atoms with E-state index in [2.05, 4.69) is 44.9 Å². The fourth-order valence-corrected chi connectivity index (χ4v) is 2.33. The van der Waals surface area contributed by atoms with Crippen molar-refractivity contribution in [1.29, 1.82) is 0 Å². The van der Waals surface area contributed by atoms with Crippen LogP contribution in [0.2, 0.25) is 0 Å². The second-order valence-corrected chi connectivity index (χ2v) is 5.76. The number of aromatic nitrogens is 1. The summed E-state index contributed by atoms with van der Waals surface area (Å²) in [7, 11) is 3.74. The van der Waals surface area contributed by atoms with Crippen LogP contribution >= 0.6 is 15.9 Å². The fourth-order valence-electron chi connectivity index (χ4n) is 2.11. The maximum atomic E-state index is 5.43. The highest BCUT2D eigenvalue weighted by Crippen LogP contribution is 2.24. The van der Waals surface area contributed by atoms with E-state index in [1.54, 1.807) is 7.11 Å². The predicted molar refractivity (Wildman–Crippen MR) is 86.5 cm³/mol. The van der Waals surface area contributed by atoms with Crippen LogP contribution in [0.15, 0.2) is 34.8 Å². The van der Waals surface area contributed by atoms with Crippen LogP contribution in [0, 0.1) is 13.8 Å². The number of pyridine rings is 1. The van der Waals surface area contributed by atoms with Gasteiger partial charge in [-0.2, -0.15) is 0 Å². The first-order valence-electron chi connectivity index (χ1n) is 6.49. The SMILES string of the molecule is COc1ccc(C)cc1CN(C)c1ccc(Br)c(C)n1. The van der Waals surface area contributed by atoms with Crippen molar-refractivity contribution < 1.29 is 4.74 Å². The van der Waals surface area contributed by atoms with Crippen LogP contribution < -0.4 is 9.64 Å². The van der Waals surface area contributed by atoms with Crippen molar-refractivity contribution in [2.75, 3.05) is 19.1 Å². The van der Waals surface area contributed by atoms with E-state index in [-0.39, 0.29) is 0 Å². The lowest BCUT2D eigenvalue weighted by Gasteiger charge is -2.20. The first kappa shape index (κ1) is 14.9. The average molecular weight is 335 g/mol. The van der Waals surface area contributed by atoms with E-state index in [1.807, 2.05) is 32.2 Å². The third-order valence-electron chi connectivity index (χ3n) is 3.24. The third-order valence-corrected chi connectivity index (χ3v) is 4.08. The Balaban J connectivity index is 2.24. The van der Waals surface area contributed by atoms with Gasteiger partial charge in [-0.25, -0.2) is 4.98 Å². The van der Waals surface area contributed by atoms with Crippen LogP contribution in [0.5, 0.6) is 5.75 Å². The zero-order valence-electron chi connectivity index (χ0n) is 12.3. The molecule has 0 atom stereocenters. The van der Waals surface area contributed by atoms with Gasteiger partial charge in [0.2, 0.25) is 0 Å². The quantitative estimate of drug-likeness (QED) is 0.841. The van der Waals surface area contributed by atoms with Crippen LogP contribution in [-0.2, 0) is 6.54 Å². The van der Waals surface area contributed by atoms with Crippen LogP contribution in [0.3, 0.4) is 0 Å². The molecular weight excluding hydrogens is 316 g/mol. The Morgan fingerprint density at radius 1 is 1.20 bits per heavy atom. The lowest BCUT2D eigenvalue weighted by atomic mass is 10.1. The lowest BCUT2D eigenvalue weighted by Crippen LogP contribution is -2.18. The highest BCUT2D eigenvalue weighted by molar-refractivity contribution is 9.10. The van der Waals surface area contributed by atoms with E-state index in [1.165, 1.54) is 5.56 Å². The molecule has 0 bridgehead atoms. The summed E-state index contributed by atoms with van der Waals surface area (Å²) < 4.78 is 6.46. The van der Waals surface area contributed by atoms with E-state index in [9.17, 15) is 0 Å². The largest absolute Gasteiger partial charge is 0.496 e. The van der Waals surface area contributed by atoms with Gasteiger partial charge in [0.05, 0.1) is 12.8 Å². The maximum absolute atomic E-state index is 5.43. The van der Waals surface area contributed by atoms with Crippen molar-refractivity contribution in [1.82, 2.24) is 4.98 Å². The zero-order valence-corrected chi connectivity index (χ0v) is 13.9. The molecule has 2 aromatic rings. The van der Waals surface area contributed by atoms with Crippen LogP contribution in [0.4, 0.5) is 5.82 Å². The molecule has 3 nitrogen and oxygen atoms in total. The maximum Gasteiger partial charge on any atom is 0.128 e. The van der Waals surface area contributed by atoms with Gasteiger partial charge in [0.25, 0.3) is 0 Å². The van der Waals surface area contributed by atoms with Crippen molar-refractivity contribution >= 4 is 21.7 Å². The minimum atomic E-state index is 0.763. The first-order valence-corrected chi connectivity index (χ1v) is 7.28. The summed E-state index contributed by atoms with van der Waals surface area (Å²) in [5.41, 5.74) is 3.39. The minimum absolute atomic E-state index is 0.763. The topological polar surface area (TPSA) is 25.4 Å². The average Bonchev–Trinajstić information content (AvgIpc) is 2.42. The van der Waals surface area contributed by atoms with Gasteiger partial charge in [-0.05, 0) is 48.0 Å². The molecule has 2 rings (SSSR count). The summed E-state index contributed by atoms with van der Waals surface area (Å²) >= 11 is 3.48. The fraction of sp³-hybridized carbons (Fsp3) is 0.312. The zero-order chi connectivity index (χ0) is 14.7. The smallest absolute Gasteiger partial charge is 0.128 e. The molecule has 0 saturated carbocycles. The Bertz CT molecular complexity index is 613. The van der Waals surface area contributed by atoms with Gasteiger partial charge in [-0.1, -0.05) is 17.7 Å². The summed E-state index contributed by atoms with van der Waals surface area (Å²) in [6.45, 7) is 4.85. The molecule has 1 aromatic heterocycles. The van der Waals surface area contributed by atoms with Gasteiger partial charge < -0.3 is 9.64 Å². The molecule has 1 aromatic carbocycles. The molecule has 0 spiro atoms. The number of aryl methyl sites for hydroxylation is 2. The van der Waals surface area contributed by atoms with Crippen molar-refractivity contribution in [3.05, 3.63) is 51.6 Å². The number of benzene rings is 1. The normalized spacial score (nSPS) is 10.4. The molecule has 4 heteroatoms. The van der Waals surface area contributed by atoms with Gasteiger partial charge in [-0.15, -0.1) is 0 Å². The number of halogens is 1. The number of nitrogens with zero attached hydrogens (tertiary/aromatic N) is 2. The van der Waals surface area contributed by atoms with Crippen molar-refractivity contribution in [2.24, 2.45) is 0 Å². The summed E-state index contributed by atoms with van der Waals surface area (Å²) in [5.74, 6) is 1.87. The molecule has 0 saturated heterocycles. The van der Waals surface area contributed by atoms with Gasteiger partial charge in [0.15, 0.2) is 0 Å². The second-order valence-electron chi connectivity index (χ2n) is 4.91. The van der Waals surface area contributed by atoms with E-state index < -0.39 is 0 Å². The van der Waals surface area contributed by atoms with Gasteiger partial charge in [-0.3, -0.25) is 0 Å². The molecule has 106 valence electrons. The number of hydrogen-bond donors (Lipinski definition) is 0. The van der Waals surface area contributed by atoms with Crippen molar-refractivity contribution in [3.8, 4) is 5.75 Å².